The first-order valence-electron chi connectivity index (χ1n) is 6.27. The van der Waals surface area contributed by atoms with E-state index in [9.17, 15) is 13.2 Å². The third-order valence-corrected chi connectivity index (χ3v) is 4.97. The van der Waals surface area contributed by atoms with Crippen LogP contribution in [0.2, 0.25) is 5.02 Å². The van der Waals surface area contributed by atoms with E-state index in [4.69, 9.17) is 22.3 Å². The molecule has 1 rings (SSSR count). The monoisotopic (exact) mass is 337 g/mol. The lowest BCUT2D eigenvalue weighted by Gasteiger charge is -2.27. The highest BCUT2D eigenvalue weighted by Crippen LogP contribution is 2.26. The van der Waals surface area contributed by atoms with Crippen LogP contribution in [0.5, 0.6) is 0 Å². The van der Waals surface area contributed by atoms with Gasteiger partial charge < -0.3 is 4.90 Å². The highest BCUT2D eigenvalue weighted by atomic mass is 35.7. The van der Waals surface area contributed by atoms with Crippen LogP contribution in [0, 0.1) is 0 Å². The number of hydrogen-bond donors (Lipinski definition) is 0. The molecular formula is C13H17Cl2NO3S. The van der Waals surface area contributed by atoms with Gasteiger partial charge in [-0.25, -0.2) is 8.42 Å². The van der Waals surface area contributed by atoms with E-state index in [0.29, 0.717) is 6.54 Å². The fraction of sp³-hybridized carbons (Fsp3) is 0.462. The third-order valence-electron chi connectivity index (χ3n) is 3.17. The molecule has 0 aliphatic rings. The smallest absolute Gasteiger partial charge is 0.262 e. The molecule has 0 saturated heterocycles. The molecule has 112 valence electrons. The largest absolute Gasteiger partial charge is 0.336 e. The Morgan fingerprint density at radius 3 is 2.40 bits per heavy atom. The van der Waals surface area contributed by atoms with Crippen LogP contribution in [0.3, 0.4) is 0 Å². The number of rotatable bonds is 5. The van der Waals surface area contributed by atoms with Crippen LogP contribution < -0.4 is 0 Å². The van der Waals surface area contributed by atoms with E-state index in [2.05, 4.69) is 0 Å². The van der Waals surface area contributed by atoms with Crippen molar-refractivity contribution in [3.63, 3.8) is 0 Å². The summed E-state index contributed by atoms with van der Waals surface area (Å²) in [6.45, 7) is 6.34. The van der Waals surface area contributed by atoms with Gasteiger partial charge in [0, 0.05) is 28.8 Å². The summed E-state index contributed by atoms with van der Waals surface area (Å²) < 4.78 is 22.8. The van der Waals surface area contributed by atoms with Crippen molar-refractivity contribution in [2.45, 2.75) is 38.1 Å². The van der Waals surface area contributed by atoms with Crippen LogP contribution in [0.4, 0.5) is 0 Å². The third kappa shape index (κ3) is 3.87. The van der Waals surface area contributed by atoms with Crippen molar-refractivity contribution in [1.82, 2.24) is 4.90 Å². The first-order chi connectivity index (χ1) is 9.22. The first kappa shape index (κ1) is 17.3. The van der Waals surface area contributed by atoms with Gasteiger partial charge in [-0.05, 0) is 38.5 Å². The molecule has 0 heterocycles. The maximum atomic E-state index is 12.4. The molecule has 7 heteroatoms. The van der Waals surface area contributed by atoms with Gasteiger partial charge >= 0.3 is 0 Å². The van der Waals surface area contributed by atoms with Gasteiger partial charge in [0.2, 0.25) is 0 Å². The molecular weight excluding hydrogens is 321 g/mol. The van der Waals surface area contributed by atoms with E-state index < -0.39 is 9.05 Å². The Morgan fingerprint density at radius 1 is 1.35 bits per heavy atom. The van der Waals surface area contributed by atoms with Crippen molar-refractivity contribution in [3.8, 4) is 0 Å². The van der Waals surface area contributed by atoms with Crippen molar-refractivity contribution in [2.24, 2.45) is 0 Å². The van der Waals surface area contributed by atoms with Crippen LogP contribution in [0.1, 0.15) is 37.6 Å². The Kier molecular flexibility index (Phi) is 5.86. The minimum Gasteiger partial charge on any atom is -0.336 e. The van der Waals surface area contributed by atoms with E-state index in [-0.39, 0.29) is 27.4 Å². The summed E-state index contributed by atoms with van der Waals surface area (Å²) in [6.07, 6.45) is 0.813. The van der Waals surface area contributed by atoms with Gasteiger partial charge in [0.1, 0.15) is 4.90 Å². The molecule has 1 aromatic rings. The topological polar surface area (TPSA) is 54.5 Å². The average Bonchev–Trinajstić information content (AvgIpc) is 2.38. The van der Waals surface area contributed by atoms with Gasteiger partial charge in [0.25, 0.3) is 15.0 Å². The summed E-state index contributed by atoms with van der Waals surface area (Å²) in [5.41, 5.74) is 0.260. The molecule has 0 saturated carbocycles. The molecule has 4 nitrogen and oxygen atoms in total. The Morgan fingerprint density at radius 2 is 1.95 bits per heavy atom. The van der Waals surface area contributed by atoms with Crippen molar-refractivity contribution >= 4 is 37.2 Å². The molecule has 0 radical (unpaired) electrons. The second kappa shape index (κ2) is 6.78. The summed E-state index contributed by atoms with van der Waals surface area (Å²) in [7, 11) is 1.33. The van der Waals surface area contributed by atoms with Crippen LogP contribution >= 0.6 is 22.3 Å². The molecule has 0 aliphatic carbocycles. The second-order valence-electron chi connectivity index (χ2n) is 4.43. The Labute approximate surface area is 129 Å². The van der Waals surface area contributed by atoms with Gasteiger partial charge in [-0.2, -0.15) is 0 Å². The standard InChI is InChI=1S/C13H17Cl2NO3S/c1-4-9(3)16(5-2)13(17)10-6-7-11(14)12(8-10)20(15,18)19/h6-9H,4-5H2,1-3H3. The van der Waals surface area contributed by atoms with Gasteiger partial charge in [-0.1, -0.05) is 18.5 Å². The van der Waals surface area contributed by atoms with Crippen molar-refractivity contribution in [3.05, 3.63) is 28.8 Å². The fourth-order valence-electron chi connectivity index (χ4n) is 1.86. The quantitative estimate of drug-likeness (QED) is 0.772. The van der Waals surface area contributed by atoms with E-state index >= 15 is 0 Å². The van der Waals surface area contributed by atoms with Crippen LogP contribution in [0.25, 0.3) is 0 Å². The average molecular weight is 338 g/mol. The molecule has 0 aliphatic heterocycles. The number of halogens is 2. The van der Waals surface area contributed by atoms with Crippen LogP contribution in [-0.4, -0.2) is 31.8 Å². The van der Waals surface area contributed by atoms with Crippen LogP contribution in [-0.2, 0) is 9.05 Å². The number of benzene rings is 1. The molecule has 1 amide bonds. The first-order valence-corrected chi connectivity index (χ1v) is 8.96. The molecule has 0 aromatic heterocycles. The number of carbonyl (C=O) groups excluding carboxylic acids is 1. The lowest BCUT2D eigenvalue weighted by Crippen LogP contribution is -2.38. The molecule has 0 fully saturated rings. The minimum absolute atomic E-state index is 0.00291. The van der Waals surface area contributed by atoms with Crippen molar-refractivity contribution < 1.29 is 13.2 Å². The van der Waals surface area contributed by atoms with Crippen molar-refractivity contribution in [2.75, 3.05) is 6.54 Å². The lowest BCUT2D eigenvalue weighted by molar-refractivity contribution is 0.0699. The van der Waals surface area contributed by atoms with E-state index in [1.165, 1.54) is 18.2 Å². The Hall–Kier alpha value is -0.780. The normalized spacial score (nSPS) is 13.1. The van der Waals surface area contributed by atoms with Gasteiger partial charge in [-0.15, -0.1) is 0 Å². The molecule has 1 unspecified atom stereocenters. The summed E-state index contributed by atoms with van der Waals surface area (Å²) in [6, 6.07) is 4.16. The van der Waals surface area contributed by atoms with Gasteiger partial charge in [-0.3, -0.25) is 4.79 Å². The van der Waals surface area contributed by atoms with E-state index in [1.807, 2.05) is 20.8 Å². The highest BCUT2D eigenvalue weighted by Gasteiger charge is 2.22. The Bertz CT molecular complexity index is 602. The number of nitrogens with zero attached hydrogens (tertiary/aromatic N) is 1. The summed E-state index contributed by atoms with van der Waals surface area (Å²) in [5.74, 6) is -0.236. The number of carbonyl (C=O) groups is 1. The summed E-state index contributed by atoms with van der Waals surface area (Å²) in [5, 5.41) is 0.00291. The number of hydrogen-bond acceptors (Lipinski definition) is 3. The Balaban J connectivity index is 3.24. The van der Waals surface area contributed by atoms with Crippen LogP contribution in [0.15, 0.2) is 23.1 Å². The van der Waals surface area contributed by atoms with Gasteiger partial charge in [0.15, 0.2) is 0 Å². The molecule has 1 aromatic carbocycles. The molecule has 0 spiro atoms. The zero-order valence-electron chi connectivity index (χ0n) is 11.6. The minimum atomic E-state index is -3.98. The van der Waals surface area contributed by atoms with Gasteiger partial charge in [0.05, 0.1) is 5.02 Å². The second-order valence-corrected chi connectivity index (χ2v) is 7.37. The molecule has 0 N–H and O–H groups in total. The predicted octanol–water partition coefficient (Wildman–Crippen LogP) is 3.53. The molecule has 1 atom stereocenters. The van der Waals surface area contributed by atoms with E-state index in [1.54, 1.807) is 4.90 Å². The summed E-state index contributed by atoms with van der Waals surface area (Å²) >= 11 is 5.80. The molecule has 20 heavy (non-hydrogen) atoms. The zero-order valence-corrected chi connectivity index (χ0v) is 13.9. The maximum absolute atomic E-state index is 12.4. The fourth-order valence-corrected chi connectivity index (χ4v) is 3.36. The SMILES string of the molecule is CCC(C)N(CC)C(=O)c1ccc(Cl)c(S(=O)(=O)Cl)c1. The predicted molar refractivity (Wildman–Crippen MR) is 81.0 cm³/mol. The van der Waals surface area contributed by atoms with Crippen molar-refractivity contribution in [1.29, 1.82) is 0 Å². The summed E-state index contributed by atoms with van der Waals surface area (Å²) in [4.78, 5) is 13.8. The zero-order chi connectivity index (χ0) is 15.5. The lowest BCUT2D eigenvalue weighted by atomic mass is 10.1. The highest BCUT2D eigenvalue weighted by molar-refractivity contribution is 8.13. The maximum Gasteiger partial charge on any atom is 0.262 e. The number of amides is 1. The van der Waals surface area contributed by atoms with E-state index in [0.717, 1.165) is 6.42 Å². The molecule has 0 bridgehead atoms.